The quantitative estimate of drug-likeness (QED) is 0.873. The summed E-state index contributed by atoms with van der Waals surface area (Å²) in [5.41, 5.74) is 0.592. The van der Waals surface area contributed by atoms with Crippen molar-refractivity contribution in [3.05, 3.63) is 35.2 Å². The Morgan fingerprint density at radius 3 is 2.65 bits per heavy atom. The van der Waals surface area contributed by atoms with Gasteiger partial charge in [-0.05, 0) is 28.8 Å². The van der Waals surface area contributed by atoms with Crippen LogP contribution >= 0.6 is 11.3 Å². The molecule has 1 aromatic heterocycles. The lowest BCUT2D eigenvalue weighted by atomic mass is 10.0. The van der Waals surface area contributed by atoms with E-state index in [-0.39, 0.29) is 6.42 Å². The molecule has 1 aromatic carbocycles. The van der Waals surface area contributed by atoms with Crippen molar-refractivity contribution in [2.24, 2.45) is 0 Å². The maximum Gasteiger partial charge on any atom is 0.389 e. The number of aliphatic hydroxyl groups is 1. The Morgan fingerprint density at radius 2 is 1.94 bits per heavy atom. The van der Waals surface area contributed by atoms with Crippen LogP contribution in [0.15, 0.2) is 29.6 Å². The molecule has 0 bridgehead atoms. The minimum Gasteiger partial charge on any atom is -0.388 e. The molecule has 1 N–H and O–H groups in total. The summed E-state index contributed by atoms with van der Waals surface area (Å²) in [5, 5.41) is 12.3. The second-order valence-electron chi connectivity index (χ2n) is 3.86. The molecule has 2 rings (SSSR count). The highest BCUT2D eigenvalue weighted by Crippen LogP contribution is 2.34. The molecule has 0 aliphatic heterocycles. The average molecular weight is 260 g/mol. The van der Waals surface area contributed by atoms with Crippen LogP contribution in [0.1, 0.15) is 24.5 Å². The Balaban J connectivity index is 2.16. The molecule has 0 spiro atoms. The number of benzene rings is 1. The number of halogens is 3. The molecule has 1 nitrogen and oxygen atoms in total. The van der Waals surface area contributed by atoms with E-state index in [1.165, 1.54) is 11.3 Å². The fraction of sp³-hybridized carbons (Fsp3) is 0.333. The van der Waals surface area contributed by atoms with Gasteiger partial charge in [-0.1, -0.05) is 18.2 Å². The molecule has 0 saturated carbocycles. The van der Waals surface area contributed by atoms with E-state index >= 15 is 0 Å². The van der Waals surface area contributed by atoms with Crippen LogP contribution in [-0.4, -0.2) is 11.3 Å². The fourth-order valence-corrected chi connectivity index (χ4v) is 2.72. The molecule has 0 aliphatic carbocycles. The first-order valence-electron chi connectivity index (χ1n) is 5.18. The van der Waals surface area contributed by atoms with E-state index < -0.39 is 18.7 Å². The van der Waals surface area contributed by atoms with Gasteiger partial charge in [-0.15, -0.1) is 11.3 Å². The number of rotatable bonds is 3. The Bertz CT molecular complexity index is 504. The van der Waals surface area contributed by atoms with Crippen LogP contribution in [0, 0.1) is 0 Å². The van der Waals surface area contributed by atoms with Crippen molar-refractivity contribution in [3.8, 4) is 0 Å². The normalized spacial score (nSPS) is 14.1. The lowest BCUT2D eigenvalue weighted by Crippen LogP contribution is -2.09. The SMILES string of the molecule is OC(CCC(F)(F)F)c1csc2ccccc12. The Hall–Kier alpha value is -1.07. The molecule has 2 aromatic rings. The van der Waals surface area contributed by atoms with Gasteiger partial charge in [-0.25, -0.2) is 0 Å². The number of alkyl halides is 3. The first-order valence-corrected chi connectivity index (χ1v) is 6.06. The molecule has 17 heavy (non-hydrogen) atoms. The Labute approximate surface area is 101 Å². The summed E-state index contributed by atoms with van der Waals surface area (Å²) >= 11 is 1.43. The first-order chi connectivity index (χ1) is 7.97. The predicted molar refractivity (Wildman–Crippen MR) is 62.1 cm³/mol. The van der Waals surface area contributed by atoms with Gasteiger partial charge in [0.2, 0.25) is 0 Å². The second kappa shape index (κ2) is 4.66. The highest BCUT2D eigenvalue weighted by molar-refractivity contribution is 7.17. The van der Waals surface area contributed by atoms with Crippen molar-refractivity contribution in [2.75, 3.05) is 0 Å². The van der Waals surface area contributed by atoms with Crippen molar-refractivity contribution in [1.82, 2.24) is 0 Å². The second-order valence-corrected chi connectivity index (χ2v) is 4.77. The van der Waals surface area contributed by atoms with Gasteiger partial charge in [0.25, 0.3) is 0 Å². The van der Waals surface area contributed by atoms with Crippen molar-refractivity contribution >= 4 is 21.4 Å². The number of hydrogen-bond acceptors (Lipinski definition) is 2. The van der Waals surface area contributed by atoms with Crippen LogP contribution in [0.2, 0.25) is 0 Å². The molecule has 0 fully saturated rings. The average Bonchev–Trinajstić information content (AvgIpc) is 2.68. The van der Waals surface area contributed by atoms with Gasteiger partial charge >= 0.3 is 6.18 Å². The van der Waals surface area contributed by atoms with Crippen molar-refractivity contribution in [1.29, 1.82) is 0 Å². The van der Waals surface area contributed by atoms with Crippen LogP contribution in [0.25, 0.3) is 10.1 Å². The van der Waals surface area contributed by atoms with Gasteiger partial charge in [0.05, 0.1) is 6.10 Å². The number of hydrogen-bond donors (Lipinski definition) is 1. The van der Waals surface area contributed by atoms with E-state index in [1.807, 2.05) is 24.3 Å². The molecule has 0 aliphatic rings. The minimum atomic E-state index is -4.22. The molecular formula is C12H11F3OS. The third-order valence-corrected chi connectivity index (χ3v) is 3.55. The lowest BCUT2D eigenvalue weighted by Gasteiger charge is -2.11. The van der Waals surface area contributed by atoms with Crippen molar-refractivity contribution < 1.29 is 18.3 Å². The summed E-state index contributed by atoms with van der Waals surface area (Å²) in [6, 6.07) is 7.39. The third-order valence-electron chi connectivity index (χ3n) is 2.57. The van der Waals surface area contributed by atoms with E-state index in [9.17, 15) is 18.3 Å². The third kappa shape index (κ3) is 2.98. The van der Waals surface area contributed by atoms with Crippen molar-refractivity contribution in [2.45, 2.75) is 25.1 Å². The van der Waals surface area contributed by atoms with Crippen LogP contribution < -0.4 is 0 Å². The molecule has 1 heterocycles. The zero-order valence-corrected chi connectivity index (χ0v) is 9.68. The van der Waals surface area contributed by atoms with Gasteiger partial charge in [-0.3, -0.25) is 0 Å². The topological polar surface area (TPSA) is 20.2 Å². The fourth-order valence-electron chi connectivity index (χ4n) is 1.71. The van der Waals surface area contributed by atoms with E-state index in [0.29, 0.717) is 5.56 Å². The summed E-state index contributed by atoms with van der Waals surface area (Å²) in [6.45, 7) is 0. The van der Waals surface area contributed by atoms with Gasteiger partial charge in [-0.2, -0.15) is 13.2 Å². The van der Waals surface area contributed by atoms with Crippen molar-refractivity contribution in [3.63, 3.8) is 0 Å². The molecule has 0 saturated heterocycles. The minimum absolute atomic E-state index is 0.287. The smallest absolute Gasteiger partial charge is 0.388 e. The summed E-state index contributed by atoms with van der Waals surface area (Å²) in [5.74, 6) is 0. The molecule has 92 valence electrons. The summed E-state index contributed by atoms with van der Waals surface area (Å²) in [7, 11) is 0. The van der Waals surface area contributed by atoms with Crippen LogP contribution in [-0.2, 0) is 0 Å². The Morgan fingerprint density at radius 1 is 1.24 bits per heavy atom. The van der Waals surface area contributed by atoms with Gasteiger partial charge in [0.1, 0.15) is 0 Å². The Kier molecular flexibility index (Phi) is 3.40. The van der Waals surface area contributed by atoms with Crippen LogP contribution in [0.5, 0.6) is 0 Å². The molecular weight excluding hydrogens is 249 g/mol. The molecule has 0 radical (unpaired) electrons. The highest BCUT2D eigenvalue weighted by atomic mass is 32.1. The van der Waals surface area contributed by atoms with E-state index in [1.54, 1.807) is 5.38 Å². The van der Waals surface area contributed by atoms with E-state index in [2.05, 4.69) is 0 Å². The van der Waals surface area contributed by atoms with E-state index in [0.717, 1.165) is 10.1 Å². The predicted octanol–water partition coefficient (Wildman–Crippen LogP) is 4.28. The molecule has 1 atom stereocenters. The summed E-state index contributed by atoms with van der Waals surface area (Å²) in [4.78, 5) is 0. The van der Waals surface area contributed by atoms with Gasteiger partial charge in [0.15, 0.2) is 0 Å². The van der Waals surface area contributed by atoms with Crippen LogP contribution in [0.3, 0.4) is 0 Å². The maximum absolute atomic E-state index is 12.1. The van der Waals surface area contributed by atoms with E-state index in [4.69, 9.17) is 0 Å². The lowest BCUT2D eigenvalue weighted by molar-refractivity contribution is -0.140. The van der Waals surface area contributed by atoms with Gasteiger partial charge in [0, 0.05) is 11.1 Å². The summed E-state index contributed by atoms with van der Waals surface area (Å²) in [6.07, 6.45) is -6.51. The number of fused-ring (bicyclic) bond motifs is 1. The zero-order chi connectivity index (χ0) is 12.5. The monoisotopic (exact) mass is 260 g/mol. The molecule has 5 heteroatoms. The van der Waals surface area contributed by atoms with Gasteiger partial charge < -0.3 is 5.11 Å². The number of aliphatic hydroxyl groups excluding tert-OH is 1. The standard InChI is InChI=1S/C12H11F3OS/c13-12(14,15)6-5-10(16)9-7-17-11-4-2-1-3-8(9)11/h1-4,7,10,16H,5-6H2. The largest absolute Gasteiger partial charge is 0.389 e. The zero-order valence-electron chi connectivity index (χ0n) is 8.87. The number of thiophene rings is 1. The highest BCUT2D eigenvalue weighted by Gasteiger charge is 2.28. The summed E-state index contributed by atoms with van der Waals surface area (Å²) < 4.78 is 37.2. The molecule has 1 unspecified atom stereocenters. The maximum atomic E-state index is 12.1. The first kappa shape index (κ1) is 12.4. The molecule has 0 amide bonds. The van der Waals surface area contributed by atoms with Crippen LogP contribution in [0.4, 0.5) is 13.2 Å².